The van der Waals surface area contributed by atoms with Crippen LogP contribution in [0.1, 0.15) is 29.6 Å². The summed E-state index contributed by atoms with van der Waals surface area (Å²) < 4.78 is 0. The van der Waals surface area contributed by atoms with E-state index >= 15 is 0 Å². The van der Waals surface area contributed by atoms with Gasteiger partial charge in [-0.25, -0.2) is 4.98 Å². The average molecular weight is 261 g/mol. The Labute approximate surface area is 112 Å². The van der Waals surface area contributed by atoms with Crippen LogP contribution >= 0.6 is 0 Å². The third-order valence-electron chi connectivity index (χ3n) is 3.84. The lowest BCUT2D eigenvalue weighted by molar-refractivity contribution is 0.100. The normalized spacial score (nSPS) is 23.5. The standard InChI is InChI=1S/C13H19N5O/c14-11-6-16-12(5-10(11)13(15)19)17-8-3-4-18(7-8)9-1-2-9/h5-6,8-9H,1-4,7,14H2,(H2,15,19)(H,16,17). The summed E-state index contributed by atoms with van der Waals surface area (Å²) in [4.78, 5) is 18.0. The lowest BCUT2D eigenvalue weighted by Crippen LogP contribution is -2.28. The van der Waals surface area contributed by atoms with E-state index in [1.165, 1.54) is 19.0 Å². The van der Waals surface area contributed by atoms with E-state index in [-0.39, 0.29) is 0 Å². The number of hydrogen-bond acceptors (Lipinski definition) is 5. The quantitative estimate of drug-likeness (QED) is 0.729. The second kappa shape index (κ2) is 4.70. The molecule has 102 valence electrons. The monoisotopic (exact) mass is 261 g/mol. The number of carbonyl (C=O) groups is 1. The molecular formula is C13H19N5O. The third-order valence-corrected chi connectivity index (χ3v) is 3.84. The maximum Gasteiger partial charge on any atom is 0.250 e. The van der Waals surface area contributed by atoms with E-state index in [1.807, 2.05) is 0 Å². The van der Waals surface area contributed by atoms with Gasteiger partial charge in [-0.15, -0.1) is 0 Å². The molecule has 3 rings (SSSR count). The first-order chi connectivity index (χ1) is 9.13. The van der Waals surface area contributed by atoms with Crippen LogP contribution in [0.3, 0.4) is 0 Å². The molecule has 1 aromatic rings. The Hall–Kier alpha value is -1.82. The zero-order valence-electron chi connectivity index (χ0n) is 10.8. The van der Waals surface area contributed by atoms with Gasteiger partial charge in [0, 0.05) is 25.2 Å². The molecular weight excluding hydrogens is 242 g/mol. The van der Waals surface area contributed by atoms with Crippen molar-refractivity contribution in [2.45, 2.75) is 31.3 Å². The first-order valence-electron chi connectivity index (χ1n) is 6.69. The van der Waals surface area contributed by atoms with Crippen molar-refractivity contribution in [1.82, 2.24) is 9.88 Å². The highest BCUT2D eigenvalue weighted by atomic mass is 16.1. The smallest absolute Gasteiger partial charge is 0.250 e. The van der Waals surface area contributed by atoms with Gasteiger partial charge in [0.05, 0.1) is 17.4 Å². The van der Waals surface area contributed by atoms with Crippen molar-refractivity contribution in [3.05, 3.63) is 17.8 Å². The van der Waals surface area contributed by atoms with Gasteiger partial charge in [-0.1, -0.05) is 0 Å². The van der Waals surface area contributed by atoms with Crippen molar-refractivity contribution < 1.29 is 4.79 Å². The molecule has 1 aliphatic carbocycles. The Morgan fingerprint density at radius 1 is 1.42 bits per heavy atom. The molecule has 5 N–H and O–H groups in total. The second-order valence-corrected chi connectivity index (χ2v) is 5.38. The summed E-state index contributed by atoms with van der Waals surface area (Å²) in [6, 6.07) is 2.82. The predicted octanol–water partition coefficient (Wildman–Crippen LogP) is 0.411. The molecule has 2 aliphatic rings. The Kier molecular flexibility index (Phi) is 3.02. The maximum atomic E-state index is 11.2. The Morgan fingerprint density at radius 2 is 2.21 bits per heavy atom. The number of nitrogens with zero attached hydrogens (tertiary/aromatic N) is 2. The first-order valence-corrected chi connectivity index (χ1v) is 6.69. The average Bonchev–Trinajstić information content (AvgIpc) is 3.12. The number of aromatic nitrogens is 1. The van der Waals surface area contributed by atoms with E-state index in [2.05, 4.69) is 15.2 Å². The van der Waals surface area contributed by atoms with Crippen LogP contribution in [0.4, 0.5) is 11.5 Å². The van der Waals surface area contributed by atoms with Crippen molar-refractivity contribution in [1.29, 1.82) is 0 Å². The molecule has 0 spiro atoms. The second-order valence-electron chi connectivity index (χ2n) is 5.38. The summed E-state index contributed by atoms with van der Waals surface area (Å²) in [7, 11) is 0. The number of carbonyl (C=O) groups excluding carboxylic acids is 1. The van der Waals surface area contributed by atoms with E-state index in [4.69, 9.17) is 11.5 Å². The van der Waals surface area contributed by atoms with Gasteiger partial charge in [-0.05, 0) is 25.3 Å². The van der Waals surface area contributed by atoms with Crippen molar-refractivity contribution in [3.63, 3.8) is 0 Å². The molecule has 0 radical (unpaired) electrons. The summed E-state index contributed by atoms with van der Waals surface area (Å²) in [5.74, 6) is 0.152. The number of amides is 1. The molecule has 19 heavy (non-hydrogen) atoms. The number of pyridine rings is 1. The number of hydrogen-bond donors (Lipinski definition) is 3. The summed E-state index contributed by atoms with van der Waals surface area (Å²) >= 11 is 0. The molecule has 1 aliphatic heterocycles. The molecule has 1 saturated carbocycles. The fourth-order valence-corrected chi connectivity index (χ4v) is 2.64. The van der Waals surface area contributed by atoms with E-state index in [0.717, 1.165) is 25.6 Å². The summed E-state index contributed by atoms with van der Waals surface area (Å²) in [6.07, 6.45) is 5.25. The van der Waals surface area contributed by atoms with Crippen LogP contribution in [0.15, 0.2) is 12.3 Å². The first kappa shape index (κ1) is 12.2. The molecule has 1 atom stereocenters. The van der Waals surface area contributed by atoms with Gasteiger partial charge in [0.1, 0.15) is 5.82 Å². The van der Waals surface area contributed by atoms with Crippen molar-refractivity contribution in [2.24, 2.45) is 5.73 Å². The molecule has 1 aromatic heterocycles. The largest absolute Gasteiger partial charge is 0.397 e. The zero-order valence-corrected chi connectivity index (χ0v) is 10.8. The third kappa shape index (κ3) is 2.63. The highest BCUT2D eigenvalue weighted by Gasteiger charge is 2.34. The van der Waals surface area contributed by atoms with Crippen LogP contribution in [0.5, 0.6) is 0 Å². The fourth-order valence-electron chi connectivity index (χ4n) is 2.64. The van der Waals surface area contributed by atoms with Crippen molar-refractivity contribution in [2.75, 3.05) is 24.1 Å². The minimum Gasteiger partial charge on any atom is -0.397 e. The van der Waals surface area contributed by atoms with Crippen LogP contribution in [0, 0.1) is 0 Å². The maximum absolute atomic E-state index is 11.2. The Bertz CT molecular complexity index is 500. The predicted molar refractivity (Wildman–Crippen MR) is 73.8 cm³/mol. The van der Waals surface area contributed by atoms with Gasteiger partial charge in [-0.2, -0.15) is 0 Å². The molecule has 6 heteroatoms. The van der Waals surface area contributed by atoms with Crippen molar-refractivity contribution >= 4 is 17.4 Å². The number of primary amides is 1. The number of anilines is 2. The minimum atomic E-state index is -0.519. The highest BCUT2D eigenvalue weighted by molar-refractivity contribution is 5.98. The fraction of sp³-hybridized carbons (Fsp3) is 0.538. The van der Waals surface area contributed by atoms with Gasteiger partial charge < -0.3 is 16.8 Å². The Morgan fingerprint density at radius 3 is 2.89 bits per heavy atom. The zero-order chi connectivity index (χ0) is 13.4. The highest BCUT2D eigenvalue weighted by Crippen LogP contribution is 2.30. The van der Waals surface area contributed by atoms with Gasteiger partial charge in [0.2, 0.25) is 0 Å². The van der Waals surface area contributed by atoms with E-state index in [9.17, 15) is 4.79 Å². The molecule has 6 nitrogen and oxygen atoms in total. The summed E-state index contributed by atoms with van der Waals surface area (Å²) in [5, 5.41) is 3.36. The van der Waals surface area contributed by atoms with Gasteiger partial charge in [-0.3, -0.25) is 9.69 Å². The number of nitrogens with two attached hydrogens (primary N) is 2. The molecule has 1 unspecified atom stereocenters. The molecule has 0 aromatic carbocycles. The number of likely N-dealkylation sites (tertiary alicyclic amines) is 1. The summed E-state index contributed by atoms with van der Waals surface area (Å²) in [5.41, 5.74) is 11.6. The molecule has 2 heterocycles. The molecule has 1 saturated heterocycles. The minimum absolute atomic E-state index is 0.323. The number of nitrogen functional groups attached to an aromatic ring is 1. The summed E-state index contributed by atoms with van der Waals surface area (Å²) in [6.45, 7) is 2.18. The number of nitrogens with one attached hydrogen (secondary N) is 1. The van der Waals surface area contributed by atoms with Crippen LogP contribution in [-0.2, 0) is 0 Å². The van der Waals surface area contributed by atoms with Crippen LogP contribution in [0.2, 0.25) is 0 Å². The van der Waals surface area contributed by atoms with Crippen LogP contribution in [0.25, 0.3) is 0 Å². The van der Waals surface area contributed by atoms with E-state index in [1.54, 1.807) is 6.07 Å². The van der Waals surface area contributed by atoms with E-state index in [0.29, 0.717) is 23.1 Å². The van der Waals surface area contributed by atoms with Crippen LogP contribution < -0.4 is 16.8 Å². The SMILES string of the molecule is NC(=O)c1cc(NC2CCN(C3CC3)C2)ncc1N. The lowest BCUT2D eigenvalue weighted by Gasteiger charge is -2.16. The molecule has 2 fully saturated rings. The van der Waals surface area contributed by atoms with Crippen LogP contribution in [-0.4, -0.2) is 41.0 Å². The lowest BCUT2D eigenvalue weighted by atomic mass is 10.2. The van der Waals surface area contributed by atoms with Gasteiger partial charge >= 0.3 is 0 Å². The van der Waals surface area contributed by atoms with E-state index < -0.39 is 5.91 Å². The molecule has 0 bridgehead atoms. The number of rotatable bonds is 4. The van der Waals surface area contributed by atoms with Gasteiger partial charge in [0.25, 0.3) is 5.91 Å². The van der Waals surface area contributed by atoms with Crippen molar-refractivity contribution in [3.8, 4) is 0 Å². The Balaban J connectivity index is 1.66. The van der Waals surface area contributed by atoms with Gasteiger partial charge in [0.15, 0.2) is 0 Å². The molecule has 1 amide bonds. The topological polar surface area (TPSA) is 97.3 Å².